The fourth-order valence-corrected chi connectivity index (χ4v) is 2.40. The molecule has 0 aliphatic heterocycles. The third-order valence-electron chi connectivity index (χ3n) is 3.83. The Hall–Kier alpha value is -3.42. The predicted octanol–water partition coefficient (Wildman–Crippen LogP) is 4.47. The summed E-state index contributed by atoms with van der Waals surface area (Å²) in [6.07, 6.45) is 0.853. The maximum absolute atomic E-state index is 13.5. The number of carbonyl (C=O) groups excluding carboxylic acids is 2. The molecule has 0 fully saturated rings. The van der Waals surface area contributed by atoms with Crippen LogP contribution >= 0.6 is 0 Å². The maximum Gasteiger partial charge on any atom is 0.306 e. The number of hydrogen-bond acceptors (Lipinski definition) is 5. The van der Waals surface area contributed by atoms with E-state index in [9.17, 15) is 22.8 Å². The lowest BCUT2D eigenvalue weighted by Gasteiger charge is -2.04. The minimum atomic E-state index is -0.980. The van der Waals surface area contributed by atoms with E-state index >= 15 is 0 Å². The van der Waals surface area contributed by atoms with Gasteiger partial charge < -0.3 is 9.15 Å². The second kappa shape index (κ2) is 8.51. The first-order valence-electron chi connectivity index (χ1n) is 8.27. The summed E-state index contributed by atoms with van der Waals surface area (Å²) in [7, 11) is 0. The van der Waals surface area contributed by atoms with Crippen LogP contribution < -0.4 is 0 Å². The van der Waals surface area contributed by atoms with Crippen LogP contribution in [0, 0.1) is 17.5 Å². The molecular formula is C20H14F3NO4. The van der Waals surface area contributed by atoms with Gasteiger partial charge in [-0.3, -0.25) is 9.59 Å². The second-order valence-corrected chi connectivity index (χ2v) is 5.83. The number of ketones is 1. The SMILES string of the molecule is O=C(CCC(=O)c1ccc(F)cc1F)OCc1ncc(-c2ccc(F)cc2)o1. The standard InChI is InChI=1S/C20H14F3NO4/c21-13-3-1-12(2-4-13)18-10-24-19(28-18)11-27-20(26)8-7-17(25)15-6-5-14(22)9-16(15)23/h1-6,9-10H,7-8,11H2. The Bertz CT molecular complexity index is 999. The predicted molar refractivity (Wildman–Crippen MR) is 91.6 cm³/mol. The lowest BCUT2D eigenvalue weighted by Crippen LogP contribution is -2.09. The molecule has 28 heavy (non-hydrogen) atoms. The molecule has 2 aromatic carbocycles. The lowest BCUT2D eigenvalue weighted by molar-refractivity contribution is -0.145. The molecule has 8 heteroatoms. The van der Waals surface area contributed by atoms with Crippen LogP contribution in [0.3, 0.4) is 0 Å². The van der Waals surface area contributed by atoms with Crippen molar-refractivity contribution in [1.82, 2.24) is 4.98 Å². The molecule has 0 N–H and O–H groups in total. The maximum atomic E-state index is 13.5. The highest BCUT2D eigenvalue weighted by Gasteiger charge is 2.15. The molecule has 3 rings (SSSR count). The van der Waals surface area contributed by atoms with Crippen LogP contribution in [0.2, 0.25) is 0 Å². The number of nitrogens with zero attached hydrogens (tertiary/aromatic N) is 1. The Morgan fingerprint density at radius 2 is 1.68 bits per heavy atom. The first-order chi connectivity index (χ1) is 13.4. The summed E-state index contributed by atoms with van der Waals surface area (Å²) in [5.74, 6) is -2.98. The molecule has 0 aliphatic carbocycles. The summed E-state index contributed by atoms with van der Waals surface area (Å²) < 4.78 is 49.7. The molecule has 0 unspecified atom stereocenters. The van der Waals surface area contributed by atoms with Gasteiger partial charge in [0.1, 0.15) is 17.5 Å². The molecule has 0 spiro atoms. The molecule has 0 amide bonds. The van der Waals surface area contributed by atoms with Gasteiger partial charge in [-0.05, 0) is 36.4 Å². The summed E-state index contributed by atoms with van der Waals surface area (Å²) in [4.78, 5) is 27.6. The zero-order chi connectivity index (χ0) is 20.1. The summed E-state index contributed by atoms with van der Waals surface area (Å²) in [6.45, 7) is -0.251. The van der Waals surface area contributed by atoms with Gasteiger partial charge in [0, 0.05) is 18.1 Å². The van der Waals surface area contributed by atoms with Gasteiger partial charge in [0.2, 0.25) is 5.89 Å². The Morgan fingerprint density at radius 3 is 2.39 bits per heavy atom. The number of carbonyl (C=O) groups is 2. The molecule has 0 saturated heterocycles. The van der Waals surface area contributed by atoms with Crippen LogP contribution in [0.15, 0.2) is 53.1 Å². The summed E-state index contributed by atoms with van der Waals surface area (Å²) in [6, 6.07) is 8.19. The molecular weight excluding hydrogens is 375 g/mol. The summed E-state index contributed by atoms with van der Waals surface area (Å²) >= 11 is 0. The van der Waals surface area contributed by atoms with E-state index in [-0.39, 0.29) is 36.7 Å². The van der Waals surface area contributed by atoms with Crippen LogP contribution in [0.1, 0.15) is 29.1 Å². The first kappa shape index (κ1) is 19.3. The molecule has 1 aromatic heterocycles. The third kappa shape index (κ3) is 4.85. The molecule has 5 nitrogen and oxygen atoms in total. The fraction of sp³-hybridized carbons (Fsp3) is 0.150. The number of esters is 1. The molecule has 0 saturated carbocycles. The number of oxazole rings is 1. The Morgan fingerprint density at radius 1 is 0.964 bits per heavy atom. The van der Waals surface area contributed by atoms with Crippen LogP contribution in [0.5, 0.6) is 0 Å². The van der Waals surface area contributed by atoms with Gasteiger partial charge in [0.05, 0.1) is 18.2 Å². The van der Waals surface area contributed by atoms with Gasteiger partial charge in [-0.1, -0.05) is 0 Å². The average Bonchev–Trinajstić information content (AvgIpc) is 3.14. The van der Waals surface area contributed by atoms with Gasteiger partial charge in [0.25, 0.3) is 0 Å². The van der Waals surface area contributed by atoms with Crippen LogP contribution in [-0.4, -0.2) is 16.7 Å². The summed E-state index contributed by atoms with van der Waals surface area (Å²) in [5.41, 5.74) is 0.323. The Labute approximate surface area is 157 Å². The fourth-order valence-electron chi connectivity index (χ4n) is 2.40. The quantitative estimate of drug-likeness (QED) is 0.441. The van der Waals surface area contributed by atoms with Crippen molar-refractivity contribution in [3.63, 3.8) is 0 Å². The van der Waals surface area contributed by atoms with Crippen LogP contribution in [0.25, 0.3) is 11.3 Å². The van der Waals surface area contributed by atoms with E-state index in [0.717, 1.165) is 12.1 Å². The van der Waals surface area contributed by atoms with Crippen molar-refractivity contribution >= 4 is 11.8 Å². The number of rotatable bonds is 7. The third-order valence-corrected chi connectivity index (χ3v) is 3.83. The largest absolute Gasteiger partial charge is 0.456 e. The topological polar surface area (TPSA) is 69.4 Å². The number of ether oxygens (including phenoxy) is 1. The van der Waals surface area contributed by atoms with Crippen molar-refractivity contribution < 1.29 is 31.9 Å². The molecule has 0 aliphatic rings. The number of Topliss-reactive ketones (excluding diaryl/α,β-unsaturated/α-hetero) is 1. The Balaban J connectivity index is 1.49. The monoisotopic (exact) mass is 389 g/mol. The van der Waals surface area contributed by atoms with E-state index in [2.05, 4.69) is 4.98 Å². The van der Waals surface area contributed by atoms with Crippen LogP contribution in [-0.2, 0) is 16.1 Å². The van der Waals surface area contributed by atoms with Gasteiger partial charge >= 0.3 is 5.97 Å². The molecule has 3 aromatic rings. The first-order valence-corrected chi connectivity index (χ1v) is 8.27. The van der Waals surface area contributed by atoms with E-state index in [4.69, 9.17) is 9.15 Å². The lowest BCUT2D eigenvalue weighted by atomic mass is 10.1. The van der Waals surface area contributed by atoms with E-state index in [1.165, 1.54) is 30.5 Å². The van der Waals surface area contributed by atoms with Crippen molar-refractivity contribution in [1.29, 1.82) is 0 Å². The van der Waals surface area contributed by atoms with Gasteiger partial charge in [-0.15, -0.1) is 0 Å². The van der Waals surface area contributed by atoms with E-state index in [0.29, 0.717) is 17.4 Å². The van der Waals surface area contributed by atoms with Crippen molar-refractivity contribution in [2.75, 3.05) is 0 Å². The van der Waals surface area contributed by atoms with Crippen LogP contribution in [0.4, 0.5) is 13.2 Å². The Kier molecular flexibility index (Phi) is 5.88. The highest BCUT2D eigenvalue weighted by atomic mass is 19.1. The number of benzene rings is 2. The number of hydrogen-bond donors (Lipinski definition) is 0. The molecule has 1 heterocycles. The summed E-state index contributed by atoms with van der Waals surface area (Å²) in [5, 5.41) is 0. The van der Waals surface area contributed by atoms with Crippen molar-refractivity contribution in [3.05, 3.63) is 77.6 Å². The van der Waals surface area contributed by atoms with Gasteiger partial charge in [-0.2, -0.15) is 0 Å². The molecule has 144 valence electrons. The number of halogens is 3. The second-order valence-electron chi connectivity index (χ2n) is 5.83. The van der Waals surface area contributed by atoms with Crippen molar-refractivity contribution in [2.24, 2.45) is 0 Å². The van der Waals surface area contributed by atoms with E-state index in [1.54, 1.807) is 0 Å². The zero-order valence-electron chi connectivity index (χ0n) is 14.5. The van der Waals surface area contributed by atoms with Gasteiger partial charge in [0.15, 0.2) is 18.2 Å². The van der Waals surface area contributed by atoms with E-state index < -0.39 is 23.4 Å². The van der Waals surface area contributed by atoms with E-state index in [1.807, 2.05) is 0 Å². The smallest absolute Gasteiger partial charge is 0.306 e. The molecule has 0 atom stereocenters. The highest BCUT2D eigenvalue weighted by molar-refractivity contribution is 5.97. The molecule has 0 bridgehead atoms. The van der Waals surface area contributed by atoms with Gasteiger partial charge in [-0.25, -0.2) is 18.2 Å². The van der Waals surface area contributed by atoms with Crippen molar-refractivity contribution in [3.8, 4) is 11.3 Å². The number of aromatic nitrogens is 1. The molecule has 0 radical (unpaired) electrons. The highest BCUT2D eigenvalue weighted by Crippen LogP contribution is 2.21. The normalized spacial score (nSPS) is 10.7. The zero-order valence-corrected chi connectivity index (χ0v) is 14.5. The minimum absolute atomic E-state index is 0.128. The minimum Gasteiger partial charge on any atom is -0.456 e. The van der Waals surface area contributed by atoms with Crippen molar-refractivity contribution in [2.45, 2.75) is 19.4 Å². The average molecular weight is 389 g/mol.